The molecule has 0 aliphatic rings. The summed E-state index contributed by atoms with van der Waals surface area (Å²) in [7, 11) is 0. The summed E-state index contributed by atoms with van der Waals surface area (Å²) in [5.41, 5.74) is 0.0498. The Hall–Kier alpha value is -1.15. The third kappa shape index (κ3) is 4.79. The van der Waals surface area contributed by atoms with Gasteiger partial charge in [-0.1, -0.05) is 12.1 Å². The molecule has 0 saturated heterocycles. The van der Waals surface area contributed by atoms with Gasteiger partial charge in [-0.15, -0.1) is 0 Å². The van der Waals surface area contributed by atoms with E-state index in [1.54, 1.807) is 12.1 Å². The highest BCUT2D eigenvalue weighted by Crippen LogP contribution is 2.17. The molecular formula is C13H16INO4. The van der Waals surface area contributed by atoms with Crippen LogP contribution >= 0.6 is 22.6 Å². The van der Waals surface area contributed by atoms with Crippen LogP contribution in [0.4, 0.5) is 0 Å². The minimum atomic E-state index is -1.46. The minimum Gasteiger partial charge on any atom is -0.481 e. The van der Waals surface area contributed by atoms with Crippen molar-refractivity contribution in [2.24, 2.45) is 0 Å². The molecular weight excluding hydrogens is 361 g/mol. The number of rotatable bonds is 5. The Kier molecular flexibility index (Phi) is 5.30. The van der Waals surface area contributed by atoms with Gasteiger partial charge in [0.05, 0.1) is 17.6 Å². The van der Waals surface area contributed by atoms with Gasteiger partial charge in [-0.2, -0.15) is 0 Å². The number of nitrogens with one attached hydrogen (secondary N) is 1. The van der Waals surface area contributed by atoms with Crippen molar-refractivity contribution in [1.29, 1.82) is 0 Å². The van der Waals surface area contributed by atoms with Crippen LogP contribution in [0.2, 0.25) is 0 Å². The molecule has 0 heterocycles. The monoisotopic (exact) mass is 377 g/mol. The lowest BCUT2D eigenvalue weighted by Crippen LogP contribution is -2.42. The maximum atomic E-state index is 12.0. The molecule has 0 aromatic heterocycles. The lowest BCUT2D eigenvalue weighted by Gasteiger charge is -2.21. The highest BCUT2D eigenvalue weighted by atomic mass is 127. The number of aryl methyl sites for hydroxylation is 1. The average Bonchev–Trinajstić information content (AvgIpc) is 2.28. The third-order valence-corrected chi connectivity index (χ3v) is 4.03. The third-order valence-electron chi connectivity index (χ3n) is 2.60. The Labute approximate surface area is 125 Å². The summed E-state index contributed by atoms with van der Waals surface area (Å²) in [6.07, 6.45) is -0.418. The molecule has 0 fully saturated rings. The van der Waals surface area contributed by atoms with Crippen molar-refractivity contribution in [2.45, 2.75) is 25.9 Å². The lowest BCUT2D eigenvalue weighted by molar-refractivity contribution is -0.141. The van der Waals surface area contributed by atoms with Gasteiger partial charge >= 0.3 is 5.97 Å². The summed E-state index contributed by atoms with van der Waals surface area (Å²) in [6.45, 7) is 3.17. The molecule has 104 valence electrons. The molecule has 0 spiro atoms. The first-order valence-electron chi connectivity index (χ1n) is 5.70. The van der Waals surface area contributed by atoms with Crippen molar-refractivity contribution in [3.05, 3.63) is 32.9 Å². The normalized spacial score (nSPS) is 13.7. The SMILES string of the molecule is Cc1cccc(C(=O)NCC(C)(O)CC(=O)O)c1I. The van der Waals surface area contributed by atoms with Gasteiger partial charge in [0.1, 0.15) is 0 Å². The van der Waals surface area contributed by atoms with E-state index in [2.05, 4.69) is 27.9 Å². The second kappa shape index (κ2) is 6.33. The molecule has 3 N–H and O–H groups in total. The van der Waals surface area contributed by atoms with Crippen LogP contribution in [0.5, 0.6) is 0 Å². The van der Waals surface area contributed by atoms with E-state index in [0.29, 0.717) is 5.56 Å². The van der Waals surface area contributed by atoms with Crippen LogP contribution in [-0.4, -0.2) is 34.2 Å². The molecule has 1 atom stereocenters. The number of aliphatic carboxylic acids is 1. The van der Waals surface area contributed by atoms with E-state index in [0.717, 1.165) is 9.13 Å². The molecule has 5 nitrogen and oxygen atoms in total. The van der Waals surface area contributed by atoms with Crippen molar-refractivity contribution in [3.63, 3.8) is 0 Å². The number of carboxylic acids is 1. The van der Waals surface area contributed by atoms with E-state index in [4.69, 9.17) is 5.11 Å². The zero-order chi connectivity index (χ0) is 14.6. The molecule has 1 aromatic rings. The van der Waals surface area contributed by atoms with Gasteiger partial charge in [0.15, 0.2) is 0 Å². The summed E-state index contributed by atoms with van der Waals surface area (Å²) in [5.74, 6) is -1.43. The molecule has 0 aliphatic carbocycles. The highest BCUT2D eigenvalue weighted by molar-refractivity contribution is 14.1. The Balaban J connectivity index is 2.71. The summed E-state index contributed by atoms with van der Waals surface area (Å²) < 4.78 is 0.843. The smallest absolute Gasteiger partial charge is 0.306 e. The molecule has 1 rings (SSSR count). The summed E-state index contributed by atoms with van der Waals surface area (Å²) in [6, 6.07) is 5.37. The first-order chi connectivity index (χ1) is 8.73. The maximum Gasteiger partial charge on any atom is 0.306 e. The first kappa shape index (κ1) is 15.9. The number of carboxylic acid groups (broad SMARTS) is 1. The van der Waals surface area contributed by atoms with Crippen molar-refractivity contribution < 1.29 is 19.8 Å². The zero-order valence-corrected chi connectivity index (χ0v) is 12.9. The molecule has 1 amide bonds. The maximum absolute atomic E-state index is 12.0. The largest absolute Gasteiger partial charge is 0.481 e. The summed E-state index contributed by atoms with van der Waals surface area (Å²) >= 11 is 2.08. The minimum absolute atomic E-state index is 0.109. The number of carbonyl (C=O) groups is 2. The molecule has 1 aromatic carbocycles. The Morgan fingerprint density at radius 2 is 2.05 bits per heavy atom. The zero-order valence-electron chi connectivity index (χ0n) is 10.7. The number of aliphatic hydroxyl groups is 1. The van der Waals surface area contributed by atoms with E-state index < -0.39 is 18.0 Å². The predicted molar refractivity (Wildman–Crippen MR) is 79.1 cm³/mol. The van der Waals surface area contributed by atoms with Gasteiger partial charge in [0.2, 0.25) is 0 Å². The lowest BCUT2D eigenvalue weighted by atomic mass is 10.0. The molecule has 0 aliphatic heterocycles. The van der Waals surface area contributed by atoms with E-state index in [1.165, 1.54) is 6.92 Å². The fraction of sp³-hybridized carbons (Fsp3) is 0.385. The van der Waals surface area contributed by atoms with Crippen molar-refractivity contribution in [2.75, 3.05) is 6.54 Å². The van der Waals surface area contributed by atoms with Crippen LogP contribution in [0, 0.1) is 10.5 Å². The summed E-state index contributed by atoms with van der Waals surface area (Å²) in [5, 5.41) is 21.0. The highest BCUT2D eigenvalue weighted by Gasteiger charge is 2.25. The van der Waals surface area contributed by atoms with Crippen LogP contribution in [-0.2, 0) is 4.79 Å². The molecule has 19 heavy (non-hydrogen) atoms. The van der Waals surface area contributed by atoms with Crippen LogP contribution in [0.15, 0.2) is 18.2 Å². The van der Waals surface area contributed by atoms with E-state index >= 15 is 0 Å². The second-order valence-corrected chi connectivity index (χ2v) is 5.77. The quantitative estimate of drug-likeness (QED) is 0.680. The predicted octanol–water partition coefficient (Wildman–Crippen LogP) is 1.56. The van der Waals surface area contributed by atoms with Crippen LogP contribution in [0.1, 0.15) is 29.3 Å². The number of halogens is 1. The van der Waals surface area contributed by atoms with Crippen LogP contribution in [0.3, 0.4) is 0 Å². The van der Waals surface area contributed by atoms with Gasteiger partial charge in [0.25, 0.3) is 5.91 Å². The average molecular weight is 377 g/mol. The second-order valence-electron chi connectivity index (χ2n) is 4.69. The van der Waals surface area contributed by atoms with Gasteiger partial charge in [-0.05, 0) is 48.1 Å². The number of hydrogen-bond acceptors (Lipinski definition) is 3. The van der Waals surface area contributed by atoms with Gasteiger partial charge in [-0.25, -0.2) is 0 Å². The van der Waals surface area contributed by atoms with Gasteiger partial charge in [-0.3, -0.25) is 9.59 Å². The molecule has 0 bridgehead atoms. The van der Waals surface area contributed by atoms with Crippen molar-refractivity contribution >= 4 is 34.5 Å². The number of amides is 1. The number of benzene rings is 1. The molecule has 1 unspecified atom stereocenters. The fourth-order valence-corrected chi connectivity index (χ4v) is 2.18. The first-order valence-corrected chi connectivity index (χ1v) is 6.78. The molecule has 0 saturated carbocycles. The van der Waals surface area contributed by atoms with Crippen LogP contribution < -0.4 is 5.32 Å². The number of carbonyl (C=O) groups excluding carboxylic acids is 1. The standard InChI is InChI=1S/C13H16INO4/c1-8-4-3-5-9(11(8)14)12(18)15-7-13(2,19)6-10(16)17/h3-5,19H,6-7H2,1-2H3,(H,15,18)(H,16,17). The molecule has 6 heteroatoms. The topological polar surface area (TPSA) is 86.6 Å². The Morgan fingerprint density at radius 3 is 2.63 bits per heavy atom. The Bertz CT molecular complexity index is 499. The van der Waals surface area contributed by atoms with E-state index in [9.17, 15) is 14.7 Å². The van der Waals surface area contributed by atoms with Gasteiger partial charge < -0.3 is 15.5 Å². The van der Waals surface area contributed by atoms with E-state index in [1.807, 2.05) is 13.0 Å². The number of hydrogen-bond donors (Lipinski definition) is 3. The van der Waals surface area contributed by atoms with Crippen molar-refractivity contribution in [3.8, 4) is 0 Å². The van der Waals surface area contributed by atoms with Crippen LogP contribution in [0.25, 0.3) is 0 Å². The summed E-state index contributed by atoms with van der Waals surface area (Å²) in [4.78, 5) is 22.5. The van der Waals surface area contributed by atoms with E-state index in [-0.39, 0.29) is 12.5 Å². The van der Waals surface area contributed by atoms with Gasteiger partial charge in [0, 0.05) is 10.1 Å². The van der Waals surface area contributed by atoms with Crippen molar-refractivity contribution in [1.82, 2.24) is 5.32 Å². The molecule has 0 radical (unpaired) electrons. The fourth-order valence-electron chi connectivity index (χ4n) is 1.58. The Morgan fingerprint density at radius 1 is 1.42 bits per heavy atom.